The Morgan fingerprint density at radius 1 is 1.29 bits per heavy atom. The molecule has 0 aliphatic carbocycles. The summed E-state index contributed by atoms with van der Waals surface area (Å²) in [6.07, 6.45) is 1.30. The molecule has 2 aliphatic heterocycles. The van der Waals surface area contributed by atoms with Crippen LogP contribution in [-0.4, -0.2) is 77.6 Å². The van der Waals surface area contributed by atoms with Crippen molar-refractivity contribution in [2.45, 2.75) is 25.0 Å². The third-order valence-electron chi connectivity index (χ3n) is 4.88. The van der Waals surface area contributed by atoms with Gasteiger partial charge in [-0.3, -0.25) is 14.6 Å². The van der Waals surface area contributed by atoms with Crippen LogP contribution in [0.15, 0.2) is 17.5 Å². The van der Waals surface area contributed by atoms with Gasteiger partial charge in [0.15, 0.2) is 0 Å². The molecule has 1 aromatic rings. The molecule has 3 heterocycles. The van der Waals surface area contributed by atoms with E-state index < -0.39 is 0 Å². The zero-order valence-electron chi connectivity index (χ0n) is 13.8. The lowest BCUT2D eigenvalue weighted by Gasteiger charge is -2.38. The van der Waals surface area contributed by atoms with Crippen molar-refractivity contribution in [3.8, 4) is 6.07 Å². The Balaban J connectivity index is 1.48. The number of rotatable bonds is 4. The molecule has 0 spiro atoms. The van der Waals surface area contributed by atoms with Gasteiger partial charge in [-0.05, 0) is 24.3 Å². The number of hydrogen-bond donors (Lipinski definition) is 1. The number of nitriles is 1. The molecule has 1 atom stereocenters. The molecule has 1 aromatic heterocycles. The Morgan fingerprint density at radius 2 is 2.00 bits per heavy atom. The molecule has 2 aliphatic rings. The molecule has 0 saturated carbocycles. The molecule has 1 amide bonds. The summed E-state index contributed by atoms with van der Waals surface area (Å²) < 4.78 is 0. The van der Waals surface area contributed by atoms with Crippen molar-refractivity contribution in [1.82, 2.24) is 14.7 Å². The van der Waals surface area contributed by atoms with Crippen molar-refractivity contribution in [3.63, 3.8) is 0 Å². The first-order chi connectivity index (χ1) is 11.7. The zero-order chi connectivity index (χ0) is 16.9. The molecular formula is C17H24N4O2S. The largest absolute Gasteiger partial charge is 0.393 e. The van der Waals surface area contributed by atoms with Gasteiger partial charge in [0, 0.05) is 44.1 Å². The highest BCUT2D eigenvalue weighted by atomic mass is 32.1. The van der Waals surface area contributed by atoms with Gasteiger partial charge < -0.3 is 10.0 Å². The Bertz CT molecular complexity index is 570. The second kappa shape index (κ2) is 8.08. The molecule has 1 unspecified atom stereocenters. The second-order valence-electron chi connectivity index (χ2n) is 6.47. The van der Waals surface area contributed by atoms with E-state index in [1.807, 2.05) is 22.4 Å². The van der Waals surface area contributed by atoms with Crippen LogP contribution in [0.25, 0.3) is 0 Å². The van der Waals surface area contributed by atoms with E-state index in [9.17, 15) is 15.2 Å². The molecule has 1 N–H and O–H groups in total. The van der Waals surface area contributed by atoms with Crippen molar-refractivity contribution in [2.75, 3.05) is 45.8 Å². The molecule has 24 heavy (non-hydrogen) atoms. The minimum Gasteiger partial charge on any atom is -0.393 e. The summed E-state index contributed by atoms with van der Waals surface area (Å²) in [5.74, 6) is 0.163. The summed E-state index contributed by atoms with van der Waals surface area (Å²) in [6, 6.07) is 6.16. The standard InChI is InChI=1S/C17H24N4O2S/c18-12-15(16-2-1-11-24-16)20-7-9-21(10-8-20)17(23)13-19-5-3-14(22)4-6-19/h1-2,11,14-15,22H,3-10,13H2. The summed E-state index contributed by atoms with van der Waals surface area (Å²) in [7, 11) is 0. The molecule has 0 radical (unpaired) electrons. The summed E-state index contributed by atoms with van der Waals surface area (Å²) in [4.78, 5) is 19.7. The van der Waals surface area contributed by atoms with E-state index in [1.165, 1.54) is 0 Å². The first-order valence-electron chi connectivity index (χ1n) is 8.52. The summed E-state index contributed by atoms with van der Waals surface area (Å²) in [5.41, 5.74) is 0. The summed E-state index contributed by atoms with van der Waals surface area (Å²) in [5, 5.41) is 21.0. The summed E-state index contributed by atoms with van der Waals surface area (Å²) in [6.45, 7) is 4.86. The average Bonchev–Trinajstić information content (AvgIpc) is 3.12. The Labute approximate surface area is 146 Å². The van der Waals surface area contributed by atoms with Crippen LogP contribution in [0.2, 0.25) is 0 Å². The SMILES string of the molecule is N#CC(c1cccs1)N1CCN(C(=O)CN2CCC(O)CC2)CC1. The maximum Gasteiger partial charge on any atom is 0.236 e. The number of carbonyl (C=O) groups is 1. The van der Waals surface area contributed by atoms with Crippen molar-refractivity contribution < 1.29 is 9.90 Å². The third kappa shape index (κ3) is 4.14. The first kappa shape index (κ1) is 17.4. The van der Waals surface area contributed by atoms with Gasteiger partial charge in [-0.2, -0.15) is 5.26 Å². The molecule has 7 heteroatoms. The number of piperidine rings is 1. The Hall–Kier alpha value is -1.46. The molecule has 0 aromatic carbocycles. The normalized spacial score (nSPS) is 22.2. The van der Waals surface area contributed by atoms with Crippen LogP contribution in [0, 0.1) is 11.3 Å². The van der Waals surface area contributed by atoms with Crippen LogP contribution in [0.5, 0.6) is 0 Å². The topological polar surface area (TPSA) is 70.8 Å². The van der Waals surface area contributed by atoms with Gasteiger partial charge in [0.05, 0.1) is 18.7 Å². The van der Waals surface area contributed by atoms with Crippen molar-refractivity contribution in [1.29, 1.82) is 5.26 Å². The van der Waals surface area contributed by atoms with Gasteiger partial charge in [0.1, 0.15) is 6.04 Å². The number of aliphatic hydroxyl groups excluding tert-OH is 1. The molecule has 2 saturated heterocycles. The number of piperazine rings is 1. The summed E-state index contributed by atoms with van der Waals surface area (Å²) >= 11 is 1.61. The quantitative estimate of drug-likeness (QED) is 0.876. The molecule has 3 rings (SSSR count). The van der Waals surface area contributed by atoms with Crippen molar-refractivity contribution >= 4 is 17.2 Å². The fraction of sp³-hybridized carbons (Fsp3) is 0.647. The monoisotopic (exact) mass is 348 g/mol. The van der Waals surface area contributed by atoms with Crippen LogP contribution in [0.1, 0.15) is 23.8 Å². The van der Waals surface area contributed by atoms with Gasteiger partial charge in [-0.25, -0.2) is 0 Å². The Kier molecular flexibility index (Phi) is 5.85. The van der Waals surface area contributed by atoms with Gasteiger partial charge in [0.25, 0.3) is 0 Å². The molecule has 2 fully saturated rings. The highest BCUT2D eigenvalue weighted by molar-refractivity contribution is 7.10. The Morgan fingerprint density at radius 3 is 2.58 bits per heavy atom. The van der Waals surface area contributed by atoms with Gasteiger partial charge in [-0.1, -0.05) is 6.07 Å². The molecule has 0 bridgehead atoms. The zero-order valence-corrected chi connectivity index (χ0v) is 14.6. The highest BCUT2D eigenvalue weighted by Crippen LogP contribution is 2.25. The highest BCUT2D eigenvalue weighted by Gasteiger charge is 2.28. The van der Waals surface area contributed by atoms with Gasteiger partial charge >= 0.3 is 0 Å². The smallest absolute Gasteiger partial charge is 0.236 e. The first-order valence-corrected chi connectivity index (χ1v) is 9.40. The van der Waals surface area contributed by atoms with Crippen molar-refractivity contribution in [2.24, 2.45) is 0 Å². The van der Waals surface area contributed by atoms with E-state index in [1.54, 1.807) is 11.3 Å². The van der Waals surface area contributed by atoms with Gasteiger partial charge in [0.2, 0.25) is 5.91 Å². The number of amides is 1. The number of carbonyl (C=O) groups excluding carboxylic acids is 1. The number of hydrogen-bond acceptors (Lipinski definition) is 6. The molecule has 6 nitrogen and oxygen atoms in total. The average molecular weight is 348 g/mol. The minimum absolute atomic E-state index is 0.163. The van der Waals surface area contributed by atoms with E-state index in [-0.39, 0.29) is 18.1 Å². The number of likely N-dealkylation sites (tertiary alicyclic amines) is 1. The third-order valence-corrected chi connectivity index (χ3v) is 5.81. The lowest BCUT2D eigenvalue weighted by molar-refractivity contribution is -0.134. The molecular weight excluding hydrogens is 324 g/mol. The van der Waals surface area contributed by atoms with Crippen molar-refractivity contribution in [3.05, 3.63) is 22.4 Å². The maximum atomic E-state index is 12.5. The number of aliphatic hydroxyl groups is 1. The lowest BCUT2D eigenvalue weighted by Crippen LogP contribution is -2.52. The maximum absolute atomic E-state index is 12.5. The van der Waals surface area contributed by atoms with Gasteiger partial charge in [-0.15, -0.1) is 11.3 Å². The van der Waals surface area contributed by atoms with Crippen LogP contribution in [0.4, 0.5) is 0 Å². The van der Waals surface area contributed by atoms with E-state index in [0.29, 0.717) is 19.6 Å². The van der Waals surface area contributed by atoms with E-state index in [0.717, 1.165) is 43.9 Å². The lowest BCUT2D eigenvalue weighted by atomic mass is 10.1. The fourth-order valence-electron chi connectivity index (χ4n) is 3.37. The molecule has 130 valence electrons. The van der Waals surface area contributed by atoms with Crippen LogP contribution >= 0.6 is 11.3 Å². The predicted octanol–water partition coefficient (Wildman–Crippen LogP) is 0.914. The van der Waals surface area contributed by atoms with Crippen LogP contribution < -0.4 is 0 Å². The van der Waals surface area contributed by atoms with E-state index >= 15 is 0 Å². The van der Waals surface area contributed by atoms with Crippen LogP contribution in [0.3, 0.4) is 0 Å². The predicted molar refractivity (Wildman–Crippen MR) is 92.5 cm³/mol. The second-order valence-corrected chi connectivity index (χ2v) is 7.45. The van der Waals surface area contributed by atoms with Crippen LogP contribution in [-0.2, 0) is 4.79 Å². The van der Waals surface area contributed by atoms with E-state index in [2.05, 4.69) is 15.9 Å². The minimum atomic E-state index is -0.208. The number of thiophene rings is 1. The fourth-order valence-corrected chi connectivity index (χ4v) is 4.17. The number of nitrogens with zero attached hydrogens (tertiary/aromatic N) is 4. The van der Waals surface area contributed by atoms with E-state index in [4.69, 9.17) is 0 Å².